The van der Waals surface area contributed by atoms with Crippen LogP contribution in [-0.4, -0.2) is 51.9 Å². The molecule has 2 rings (SSSR count). The van der Waals surface area contributed by atoms with Gasteiger partial charge in [0.15, 0.2) is 14.1 Å². The predicted molar refractivity (Wildman–Crippen MR) is 162 cm³/mol. The summed E-state index contributed by atoms with van der Waals surface area (Å²) in [6.07, 6.45) is 3.68. The van der Waals surface area contributed by atoms with E-state index in [0.717, 1.165) is 10.6 Å². The van der Waals surface area contributed by atoms with Gasteiger partial charge in [-0.25, -0.2) is 27.1 Å². The Labute approximate surface area is 240 Å². The van der Waals surface area contributed by atoms with Gasteiger partial charge in [0.1, 0.15) is 5.82 Å². The highest BCUT2D eigenvalue weighted by atomic mass is 32.2. The van der Waals surface area contributed by atoms with E-state index < -0.39 is 30.3 Å². The topological polar surface area (TPSA) is 113 Å². The van der Waals surface area contributed by atoms with Crippen LogP contribution >= 0.6 is 0 Å². The summed E-state index contributed by atoms with van der Waals surface area (Å²) in [5, 5.41) is 9.26. The number of aromatic nitrogens is 2. The third-order valence-corrected chi connectivity index (χ3v) is 12.6. The Bertz CT molecular complexity index is 1360. The maximum Gasteiger partial charge on any atom is 0.239 e. The van der Waals surface area contributed by atoms with Crippen molar-refractivity contribution in [3.8, 4) is 17.3 Å². The molecule has 0 fully saturated rings. The Morgan fingerprint density at radius 2 is 1.77 bits per heavy atom. The summed E-state index contributed by atoms with van der Waals surface area (Å²) in [5.74, 6) is -0.836. The van der Waals surface area contributed by atoms with Crippen molar-refractivity contribution in [1.82, 2.24) is 9.97 Å². The SMILES string of the molecule is C.CC(C)c1nc(N(C)S(C)(=O)=O)nc(-c2ccc(F)cc2)c1/C=C/C(=O)C[C@@H](CC#N)O[Si](C)(C)C(C)(C)C. The third kappa shape index (κ3) is 9.04. The van der Waals surface area contributed by atoms with Gasteiger partial charge < -0.3 is 4.43 Å². The number of anilines is 1. The molecule has 11 heteroatoms. The second kappa shape index (κ2) is 13.6. The zero-order valence-electron chi connectivity index (χ0n) is 24.2. The van der Waals surface area contributed by atoms with Crippen LogP contribution in [0.2, 0.25) is 18.1 Å². The lowest BCUT2D eigenvalue weighted by Crippen LogP contribution is -2.44. The van der Waals surface area contributed by atoms with Crippen molar-refractivity contribution in [2.24, 2.45) is 0 Å². The number of hydrogen-bond donors (Lipinski definition) is 0. The average molecular weight is 591 g/mol. The van der Waals surface area contributed by atoms with Gasteiger partial charge in [-0.1, -0.05) is 42.0 Å². The first-order chi connectivity index (χ1) is 17.9. The molecule has 220 valence electrons. The lowest BCUT2D eigenvalue weighted by atomic mass is 9.97. The molecular formula is C29H43FN4O4SSi. The highest BCUT2D eigenvalue weighted by Gasteiger charge is 2.39. The highest BCUT2D eigenvalue weighted by molar-refractivity contribution is 7.92. The van der Waals surface area contributed by atoms with E-state index in [9.17, 15) is 22.9 Å². The maximum atomic E-state index is 13.7. The Balaban J connectivity index is 0.00000800. The third-order valence-electron chi connectivity index (χ3n) is 6.86. The molecule has 1 atom stereocenters. The van der Waals surface area contributed by atoms with Crippen molar-refractivity contribution in [2.75, 3.05) is 17.6 Å². The lowest BCUT2D eigenvalue weighted by Gasteiger charge is -2.38. The van der Waals surface area contributed by atoms with E-state index in [1.54, 1.807) is 18.2 Å². The van der Waals surface area contributed by atoms with Gasteiger partial charge in [-0.05, 0) is 60.5 Å². The van der Waals surface area contributed by atoms with Crippen LogP contribution in [0, 0.1) is 17.1 Å². The number of carbonyl (C=O) groups is 1. The molecule has 1 heterocycles. The van der Waals surface area contributed by atoms with Gasteiger partial charge >= 0.3 is 0 Å². The summed E-state index contributed by atoms with van der Waals surface area (Å²) < 4.78 is 45.5. The fourth-order valence-electron chi connectivity index (χ4n) is 3.52. The summed E-state index contributed by atoms with van der Waals surface area (Å²) >= 11 is 0. The molecule has 1 aromatic heterocycles. The molecule has 0 bridgehead atoms. The second-order valence-corrected chi connectivity index (χ2v) is 18.2. The molecule has 2 aromatic rings. The van der Waals surface area contributed by atoms with E-state index in [1.807, 2.05) is 13.8 Å². The molecule has 0 spiro atoms. The summed E-state index contributed by atoms with van der Waals surface area (Å²) in [6, 6.07) is 7.79. The monoisotopic (exact) mass is 590 g/mol. The minimum absolute atomic E-state index is 0. The summed E-state index contributed by atoms with van der Waals surface area (Å²) in [6.45, 7) is 14.2. The standard InChI is InChI=1S/C28H39FN4O4SSi.CH4/c1-19(2)25-24(15-14-22(34)18-23(16-17-30)37-39(8,9)28(3,4)5)26(20-10-12-21(29)13-11-20)32-27(31-25)33(6)38(7,35)36;/h10-15,19,23H,16,18H2,1-9H3;1H4/b15-14+;/t23-;/m1./s1. The van der Waals surface area contributed by atoms with Crippen LogP contribution in [0.3, 0.4) is 0 Å². The smallest absolute Gasteiger partial charge is 0.239 e. The van der Waals surface area contributed by atoms with Gasteiger partial charge in [0.2, 0.25) is 16.0 Å². The number of benzene rings is 1. The van der Waals surface area contributed by atoms with Gasteiger partial charge in [0.05, 0.1) is 36.2 Å². The maximum absolute atomic E-state index is 13.7. The molecule has 40 heavy (non-hydrogen) atoms. The van der Waals surface area contributed by atoms with Gasteiger partial charge in [0, 0.05) is 24.6 Å². The number of nitriles is 1. The van der Waals surface area contributed by atoms with Crippen LogP contribution in [0.1, 0.15) is 72.1 Å². The van der Waals surface area contributed by atoms with Crippen LogP contribution < -0.4 is 4.31 Å². The number of allylic oxidation sites excluding steroid dienone is 1. The molecule has 0 aliphatic heterocycles. The molecule has 0 aliphatic rings. The van der Waals surface area contributed by atoms with E-state index in [0.29, 0.717) is 22.5 Å². The van der Waals surface area contributed by atoms with E-state index in [2.05, 4.69) is 49.9 Å². The second-order valence-electron chi connectivity index (χ2n) is 11.4. The normalized spacial score (nSPS) is 13.2. The first kappa shape index (κ1) is 35.1. The predicted octanol–water partition coefficient (Wildman–Crippen LogP) is 6.71. The fourth-order valence-corrected chi connectivity index (χ4v) is 5.25. The Morgan fingerprint density at radius 3 is 2.25 bits per heavy atom. The number of rotatable bonds is 11. The van der Waals surface area contributed by atoms with Gasteiger partial charge in [-0.3, -0.25) is 4.79 Å². The van der Waals surface area contributed by atoms with Crippen LogP contribution in [0.15, 0.2) is 30.3 Å². The minimum atomic E-state index is -3.65. The number of carbonyl (C=O) groups excluding carboxylic acids is 1. The summed E-state index contributed by atoms with van der Waals surface area (Å²) in [4.78, 5) is 22.1. The number of halogens is 1. The molecule has 8 nitrogen and oxygen atoms in total. The molecular weight excluding hydrogens is 547 g/mol. The molecule has 0 radical (unpaired) electrons. The molecule has 0 saturated carbocycles. The van der Waals surface area contributed by atoms with Gasteiger partial charge in [-0.15, -0.1) is 0 Å². The number of nitrogens with zero attached hydrogens (tertiary/aromatic N) is 4. The zero-order valence-corrected chi connectivity index (χ0v) is 26.1. The molecule has 0 amide bonds. The Kier molecular flexibility index (Phi) is 11.9. The van der Waals surface area contributed by atoms with Gasteiger partial charge in [-0.2, -0.15) is 5.26 Å². The van der Waals surface area contributed by atoms with Crippen molar-refractivity contribution >= 4 is 36.1 Å². The van der Waals surface area contributed by atoms with Crippen LogP contribution in [0.25, 0.3) is 17.3 Å². The average Bonchev–Trinajstić information content (AvgIpc) is 2.80. The molecule has 1 aromatic carbocycles. The van der Waals surface area contributed by atoms with Crippen molar-refractivity contribution in [3.63, 3.8) is 0 Å². The largest absolute Gasteiger partial charge is 0.412 e. The van der Waals surface area contributed by atoms with E-state index in [-0.39, 0.29) is 43.0 Å². The quantitative estimate of drug-likeness (QED) is 0.211. The first-order valence-electron chi connectivity index (χ1n) is 12.7. The summed E-state index contributed by atoms with van der Waals surface area (Å²) in [7, 11) is -4.49. The summed E-state index contributed by atoms with van der Waals surface area (Å²) in [5.41, 5.74) is 1.97. The van der Waals surface area contributed by atoms with E-state index in [4.69, 9.17) is 4.43 Å². The molecule has 0 saturated heterocycles. The highest BCUT2D eigenvalue weighted by Crippen LogP contribution is 2.38. The first-order valence-corrected chi connectivity index (χ1v) is 17.5. The van der Waals surface area contributed by atoms with Gasteiger partial charge in [0.25, 0.3) is 0 Å². The van der Waals surface area contributed by atoms with E-state index in [1.165, 1.54) is 25.3 Å². The zero-order chi connectivity index (χ0) is 29.8. The Morgan fingerprint density at radius 1 is 1.20 bits per heavy atom. The van der Waals surface area contributed by atoms with Crippen LogP contribution in [-0.2, 0) is 19.2 Å². The van der Waals surface area contributed by atoms with Crippen LogP contribution in [0.5, 0.6) is 0 Å². The van der Waals surface area contributed by atoms with Crippen molar-refractivity contribution < 1.29 is 22.0 Å². The molecule has 0 aliphatic carbocycles. The fraction of sp³-hybridized carbons (Fsp3) is 0.517. The number of ketones is 1. The van der Waals surface area contributed by atoms with Crippen molar-refractivity contribution in [1.29, 1.82) is 5.26 Å². The molecule has 0 N–H and O–H groups in total. The van der Waals surface area contributed by atoms with Crippen molar-refractivity contribution in [3.05, 3.63) is 47.4 Å². The number of sulfonamides is 1. The minimum Gasteiger partial charge on any atom is -0.412 e. The molecule has 0 unspecified atom stereocenters. The Hall–Kier alpha value is -2.94. The lowest BCUT2D eigenvalue weighted by molar-refractivity contribution is -0.116. The van der Waals surface area contributed by atoms with E-state index >= 15 is 0 Å². The number of hydrogen-bond acceptors (Lipinski definition) is 7. The van der Waals surface area contributed by atoms with Crippen molar-refractivity contribution in [2.45, 2.75) is 85.0 Å². The van der Waals surface area contributed by atoms with Crippen LogP contribution in [0.4, 0.5) is 10.3 Å².